The van der Waals surface area contributed by atoms with Gasteiger partial charge in [-0.25, -0.2) is 4.98 Å². The molecular weight excluding hydrogens is 222 g/mol. The highest BCUT2D eigenvalue weighted by molar-refractivity contribution is 5.92. The van der Waals surface area contributed by atoms with Crippen LogP contribution in [-0.2, 0) is 4.79 Å². The average Bonchev–Trinajstić information content (AvgIpc) is 2.81. The lowest BCUT2D eigenvalue weighted by molar-refractivity contribution is -0.143. The summed E-state index contributed by atoms with van der Waals surface area (Å²) < 4.78 is 0. The van der Waals surface area contributed by atoms with Crippen LogP contribution in [0.3, 0.4) is 0 Å². The van der Waals surface area contributed by atoms with Crippen molar-refractivity contribution in [1.29, 1.82) is 0 Å². The lowest BCUT2D eigenvalue weighted by Gasteiger charge is -2.35. The first-order chi connectivity index (χ1) is 8.09. The van der Waals surface area contributed by atoms with E-state index in [0.717, 1.165) is 0 Å². The summed E-state index contributed by atoms with van der Waals surface area (Å²) in [5.41, 5.74) is 0.450. The van der Waals surface area contributed by atoms with Gasteiger partial charge in [-0.15, -0.1) is 0 Å². The number of imidazole rings is 1. The second-order valence-electron chi connectivity index (χ2n) is 4.37. The number of nitrogens with one attached hydrogen (secondary N) is 1. The van der Waals surface area contributed by atoms with E-state index in [2.05, 4.69) is 9.97 Å². The van der Waals surface area contributed by atoms with Crippen molar-refractivity contribution in [2.45, 2.75) is 25.8 Å². The summed E-state index contributed by atoms with van der Waals surface area (Å²) in [6.45, 7) is 2.36. The molecule has 17 heavy (non-hydrogen) atoms. The summed E-state index contributed by atoms with van der Waals surface area (Å²) in [5.74, 6) is -1.22. The molecule has 1 amide bonds. The summed E-state index contributed by atoms with van der Waals surface area (Å²) in [6.07, 6.45) is 3.97. The molecule has 1 fully saturated rings. The number of carbonyl (C=O) groups is 2. The van der Waals surface area contributed by atoms with Crippen molar-refractivity contribution in [3.63, 3.8) is 0 Å². The quantitative estimate of drug-likeness (QED) is 0.794. The van der Waals surface area contributed by atoms with Crippen LogP contribution in [0.1, 0.15) is 30.3 Å². The monoisotopic (exact) mass is 237 g/mol. The van der Waals surface area contributed by atoms with Crippen molar-refractivity contribution in [1.82, 2.24) is 14.9 Å². The highest BCUT2D eigenvalue weighted by Gasteiger charge is 2.32. The first-order valence-corrected chi connectivity index (χ1v) is 5.61. The van der Waals surface area contributed by atoms with Crippen LogP contribution in [0, 0.1) is 5.92 Å². The van der Waals surface area contributed by atoms with E-state index in [-0.39, 0.29) is 17.9 Å². The van der Waals surface area contributed by atoms with E-state index in [0.29, 0.717) is 25.1 Å². The van der Waals surface area contributed by atoms with Crippen LogP contribution >= 0.6 is 0 Å². The molecule has 1 aliphatic heterocycles. The summed E-state index contributed by atoms with van der Waals surface area (Å²) in [4.78, 5) is 31.2. The molecule has 6 nitrogen and oxygen atoms in total. The van der Waals surface area contributed by atoms with Gasteiger partial charge in [-0.2, -0.15) is 0 Å². The van der Waals surface area contributed by atoms with Crippen molar-refractivity contribution in [2.24, 2.45) is 5.92 Å². The number of amides is 1. The van der Waals surface area contributed by atoms with Crippen LogP contribution in [0.2, 0.25) is 0 Å². The van der Waals surface area contributed by atoms with Gasteiger partial charge in [-0.05, 0) is 19.8 Å². The molecular formula is C11H15N3O3. The minimum absolute atomic E-state index is 0.0550. The third-order valence-corrected chi connectivity index (χ3v) is 3.21. The summed E-state index contributed by atoms with van der Waals surface area (Å²) in [5, 5.41) is 8.95. The molecule has 0 spiro atoms. The molecule has 92 valence electrons. The number of hydrogen-bond donors (Lipinski definition) is 2. The Morgan fingerprint density at radius 2 is 2.35 bits per heavy atom. The normalized spacial score (nSPS) is 24.6. The van der Waals surface area contributed by atoms with Crippen LogP contribution < -0.4 is 0 Å². The molecule has 1 aliphatic rings. The van der Waals surface area contributed by atoms with Gasteiger partial charge >= 0.3 is 5.97 Å². The fourth-order valence-corrected chi connectivity index (χ4v) is 2.23. The van der Waals surface area contributed by atoms with E-state index in [1.165, 1.54) is 12.5 Å². The molecule has 2 N–H and O–H groups in total. The van der Waals surface area contributed by atoms with Gasteiger partial charge in [0, 0.05) is 12.6 Å². The molecule has 2 atom stereocenters. The largest absolute Gasteiger partial charge is 0.481 e. The topological polar surface area (TPSA) is 86.3 Å². The first kappa shape index (κ1) is 11.6. The Bertz CT molecular complexity index is 416. The molecule has 6 heteroatoms. The molecule has 1 aromatic rings. The third kappa shape index (κ3) is 2.30. The van der Waals surface area contributed by atoms with Gasteiger partial charge in [0.05, 0.1) is 18.4 Å². The maximum atomic E-state index is 12.1. The van der Waals surface area contributed by atoms with Gasteiger partial charge in [0.1, 0.15) is 5.69 Å². The lowest BCUT2D eigenvalue weighted by Crippen LogP contribution is -2.46. The van der Waals surface area contributed by atoms with Crippen LogP contribution in [0.15, 0.2) is 12.5 Å². The molecule has 2 heterocycles. The number of piperidine rings is 1. The molecule has 2 rings (SSSR count). The molecule has 0 bridgehead atoms. The minimum Gasteiger partial charge on any atom is -0.481 e. The molecule has 0 aliphatic carbocycles. The van der Waals surface area contributed by atoms with E-state index in [1.807, 2.05) is 6.92 Å². The Balaban J connectivity index is 2.05. The second-order valence-corrected chi connectivity index (χ2v) is 4.37. The molecule has 0 radical (unpaired) electrons. The Labute approximate surface area is 98.7 Å². The van der Waals surface area contributed by atoms with E-state index in [4.69, 9.17) is 5.11 Å². The number of aromatic nitrogens is 2. The standard InChI is InChI=1S/C11H15N3O3/c1-7-4-8(11(16)17)2-3-14(7)10(15)9-5-12-6-13-9/h5-8H,2-4H2,1H3,(H,12,13)(H,16,17). The zero-order valence-corrected chi connectivity index (χ0v) is 9.59. The Kier molecular flexibility index (Phi) is 3.12. The van der Waals surface area contributed by atoms with Gasteiger partial charge in [-0.1, -0.05) is 0 Å². The van der Waals surface area contributed by atoms with E-state index < -0.39 is 5.97 Å². The smallest absolute Gasteiger partial charge is 0.306 e. The fourth-order valence-electron chi connectivity index (χ4n) is 2.23. The lowest BCUT2D eigenvalue weighted by atomic mass is 9.91. The number of likely N-dealkylation sites (tertiary alicyclic amines) is 1. The van der Waals surface area contributed by atoms with Crippen LogP contribution in [0.25, 0.3) is 0 Å². The van der Waals surface area contributed by atoms with Gasteiger partial charge in [0.2, 0.25) is 0 Å². The van der Waals surface area contributed by atoms with Gasteiger partial charge in [0.25, 0.3) is 5.91 Å². The van der Waals surface area contributed by atoms with E-state index >= 15 is 0 Å². The number of aromatic amines is 1. The van der Waals surface area contributed by atoms with Crippen LogP contribution in [-0.4, -0.2) is 44.4 Å². The van der Waals surface area contributed by atoms with Gasteiger partial charge in [-0.3, -0.25) is 9.59 Å². The number of H-pyrrole nitrogens is 1. The van der Waals surface area contributed by atoms with Crippen molar-refractivity contribution >= 4 is 11.9 Å². The number of rotatable bonds is 2. The fraction of sp³-hybridized carbons (Fsp3) is 0.545. The molecule has 0 aromatic carbocycles. The predicted octanol–water partition coefficient (Wildman–Crippen LogP) is 0.735. The second kappa shape index (κ2) is 4.57. The SMILES string of the molecule is CC1CC(C(=O)O)CCN1C(=O)c1cnc[nH]1. The van der Waals surface area contributed by atoms with Crippen molar-refractivity contribution in [3.8, 4) is 0 Å². The average molecular weight is 237 g/mol. The van der Waals surface area contributed by atoms with Gasteiger partial charge in [0.15, 0.2) is 0 Å². The van der Waals surface area contributed by atoms with Crippen LogP contribution in [0.4, 0.5) is 0 Å². The Morgan fingerprint density at radius 1 is 1.59 bits per heavy atom. The van der Waals surface area contributed by atoms with Crippen molar-refractivity contribution < 1.29 is 14.7 Å². The molecule has 1 aromatic heterocycles. The predicted molar refractivity (Wildman–Crippen MR) is 59.4 cm³/mol. The summed E-state index contributed by atoms with van der Waals surface area (Å²) >= 11 is 0. The Morgan fingerprint density at radius 3 is 2.88 bits per heavy atom. The third-order valence-electron chi connectivity index (χ3n) is 3.21. The zero-order valence-electron chi connectivity index (χ0n) is 9.59. The number of aliphatic carboxylic acids is 1. The maximum Gasteiger partial charge on any atom is 0.306 e. The molecule has 1 saturated heterocycles. The first-order valence-electron chi connectivity index (χ1n) is 5.61. The highest BCUT2D eigenvalue weighted by Crippen LogP contribution is 2.24. The highest BCUT2D eigenvalue weighted by atomic mass is 16.4. The number of nitrogens with zero attached hydrogens (tertiary/aromatic N) is 2. The number of hydrogen-bond acceptors (Lipinski definition) is 3. The van der Waals surface area contributed by atoms with Gasteiger partial charge < -0.3 is 15.0 Å². The number of carbonyl (C=O) groups excluding carboxylic acids is 1. The van der Waals surface area contributed by atoms with Crippen LogP contribution in [0.5, 0.6) is 0 Å². The maximum absolute atomic E-state index is 12.1. The summed E-state index contributed by atoms with van der Waals surface area (Å²) in [6, 6.07) is -0.0550. The van der Waals surface area contributed by atoms with Crippen molar-refractivity contribution in [2.75, 3.05) is 6.54 Å². The zero-order chi connectivity index (χ0) is 12.4. The minimum atomic E-state index is -0.773. The van der Waals surface area contributed by atoms with E-state index in [1.54, 1.807) is 4.90 Å². The van der Waals surface area contributed by atoms with Crippen molar-refractivity contribution in [3.05, 3.63) is 18.2 Å². The van der Waals surface area contributed by atoms with E-state index in [9.17, 15) is 9.59 Å². The molecule has 0 saturated carbocycles. The summed E-state index contributed by atoms with van der Waals surface area (Å²) in [7, 11) is 0. The number of carboxylic acids is 1. The number of carboxylic acid groups (broad SMARTS) is 1. The molecule has 2 unspecified atom stereocenters. The Hall–Kier alpha value is -1.85.